The van der Waals surface area contributed by atoms with E-state index >= 15 is 0 Å². The van der Waals surface area contributed by atoms with Crippen LogP contribution in [0.25, 0.3) is 17.3 Å². The van der Waals surface area contributed by atoms with E-state index in [1.165, 1.54) is 16.3 Å². The lowest BCUT2D eigenvalue weighted by Crippen LogP contribution is -1.96. The Hall–Kier alpha value is -3.10. The van der Waals surface area contributed by atoms with Gasteiger partial charge in [-0.2, -0.15) is 15.2 Å². The fourth-order valence-corrected chi connectivity index (χ4v) is 3.27. The summed E-state index contributed by atoms with van der Waals surface area (Å²) >= 11 is 0. The smallest absolute Gasteiger partial charge is 0.252 e. The molecular weight excluding hydrogens is 323 g/mol. The van der Waals surface area contributed by atoms with Gasteiger partial charge in [0.25, 0.3) is 5.78 Å². The summed E-state index contributed by atoms with van der Waals surface area (Å²) in [5.74, 6) is 1.24. The molecule has 25 heavy (non-hydrogen) atoms. The zero-order valence-corrected chi connectivity index (χ0v) is 13.7. The van der Waals surface area contributed by atoms with Crippen molar-refractivity contribution in [3.05, 3.63) is 47.9 Å². The monoisotopic (exact) mass is 338 g/mol. The molecule has 8 nitrogen and oxygen atoms in total. The molecule has 1 aliphatic rings. The van der Waals surface area contributed by atoms with E-state index in [-0.39, 0.29) is 0 Å². The third-order valence-electron chi connectivity index (χ3n) is 4.61. The van der Waals surface area contributed by atoms with E-state index in [0.717, 1.165) is 24.0 Å². The van der Waals surface area contributed by atoms with Crippen LogP contribution in [-0.2, 0) is 14.1 Å². The van der Waals surface area contributed by atoms with Crippen molar-refractivity contribution in [2.24, 2.45) is 14.1 Å². The van der Waals surface area contributed by atoms with Crippen LogP contribution < -0.4 is 0 Å². The van der Waals surface area contributed by atoms with E-state index in [2.05, 4.69) is 31.5 Å². The fourth-order valence-electron chi connectivity index (χ4n) is 3.27. The minimum absolute atomic E-state index is 0.360. The Morgan fingerprint density at radius 2 is 2.00 bits per heavy atom. The van der Waals surface area contributed by atoms with Gasteiger partial charge in [-0.25, -0.2) is 13.9 Å². The SMILES string of the molecule is Cn1cc(C2CC2c2cc(-c3nc4ncc(F)cn4n3)n(C)n2)cn1. The van der Waals surface area contributed by atoms with E-state index in [1.54, 1.807) is 4.68 Å². The molecular formula is C16H15FN8. The first-order valence-corrected chi connectivity index (χ1v) is 7.99. The molecule has 0 bridgehead atoms. The molecule has 126 valence electrons. The van der Waals surface area contributed by atoms with Gasteiger partial charge in [0.1, 0.15) is 5.69 Å². The van der Waals surface area contributed by atoms with Crippen LogP contribution in [0.1, 0.15) is 29.5 Å². The van der Waals surface area contributed by atoms with Crippen molar-refractivity contribution >= 4 is 5.78 Å². The van der Waals surface area contributed by atoms with Gasteiger partial charge in [0.05, 0.1) is 24.3 Å². The van der Waals surface area contributed by atoms with Gasteiger partial charge in [-0.05, 0) is 24.0 Å². The lowest BCUT2D eigenvalue weighted by atomic mass is 10.1. The van der Waals surface area contributed by atoms with Gasteiger partial charge in [-0.1, -0.05) is 0 Å². The minimum atomic E-state index is -0.452. The van der Waals surface area contributed by atoms with Crippen LogP contribution in [0.5, 0.6) is 0 Å². The molecule has 2 atom stereocenters. The van der Waals surface area contributed by atoms with Crippen molar-refractivity contribution in [3.8, 4) is 11.5 Å². The minimum Gasteiger partial charge on any atom is -0.276 e. The average Bonchev–Trinajstić information content (AvgIpc) is 2.90. The highest BCUT2D eigenvalue weighted by Crippen LogP contribution is 2.54. The van der Waals surface area contributed by atoms with Gasteiger partial charge in [0, 0.05) is 26.2 Å². The second kappa shape index (κ2) is 4.95. The second-order valence-corrected chi connectivity index (χ2v) is 6.43. The van der Waals surface area contributed by atoms with Crippen molar-refractivity contribution in [1.29, 1.82) is 0 Å². The van der Waals surface area contributed by atoms with Crippen LogP contribution in [-0.4, -0.2) is 39.1 Å². The van der Waals surface area contributed by atoms with E-state index in [4.69, 9.17) is 0 Å². The van der Waals surface area contributed by atoms with Gasteiger partial charge in [0.15, 0.2) is 5.82 Å². The summed E-state index contributed by atoms with van der Waals surface area (Å²) in [6.07, 6.45) is 7.42. The highest BCUT2D eigenvalue weighted by molar-refractivity contribution is 5.54. The van der Waals surface area contributed by atoms with Gasteiger partial charge in [0.2, 0.25) is 5.82 Å². The molecule has 0 aliphatic heterocycles. The molecule has 0 saturated heterocycles. The van der Waals surface area contributed by atoms with E-state index in [1.807, 2.05) is 31.0 Å². The van der Waals surface area contributed by atoms with Crippen LogP contribution in [0.15, 0.2) is 30.9 Å². The molecule has 2 unspecified atom stereocenters. The van der Waals surface area contributed by atoms with Gasteiger partial charge in [-0.3, -0.25) is 9.36 Å². The van der Waals surface area contributed by atoms with Gasteiger partial charge < -0.3 is 0 Å². The second-order valence-electron chi connectivity index (χ2n) is 6.43. The number of halogens is 1. The Bertz CT molecular complexity index is 1090. The molecule has 0 N–H and O–H groups in total. The average molecular weight is 338 g/mol. The number of aryl methyl sites for hydroxylation is 2. The van der Waals surface area contributed by atoms with Crippen molar-refractivity contribution in [1.82, 2.24) is 39.1 Å². The summed E-state index contributed by atoms with van der Waals surface area (Å²) in [6, 6.07) is 2.01. The van der Waals surface area contributed by atoms with Crippen molar-refractivity contribution < 1.29 is 4.39 Å². The van der Waals surface area contributed by atoms with E-state index < -0.39 is 5.82 Å². The molecule has 0 spiro atoms. The number of nitrogens with zero attached hydrogens (tertiary/aromatic N) is 8. The van der Waals surface area contributed by atoms with Crippen molar-refractivity contribution in [2.45, 2.75) is 18.3 Å². The Balaban J connectivity index is 1.47. The number of fused-ring (bicyclic) bond motifs is 1. The zero-order valence-electron chi connectivity index (χ0n) is 13.7. The molecule has 0 amide bonds. The van der Waals surface area contributed by atoms with E-state index in [9.17, 15) is 4.39 Å². The summed E-state index contributed by atoms with van der Waals surface area (Å²) in [7, 11) is 3.78. The topological polar surface area (TPSA) is 78.7 Å². The molecule has 5 rings (SSSR count). The third-order valence-corrected chi connectivity index (χ3v) is 4.61. The highest BCUT2D eigenvalue weighted by atomic mass is 19.1. The molecule has 9 heteroatoms. The maximum Gasteiger partial charge on any atom is 0.252 e. The molecule has 1 aliphatic carbocycles. The molecule has 4 aromatic heterocycles. The number of hydrogen-bond acceptors (Lipinski definition) is 5. The summed E-state index contributed by atoms with van der Waals surface area (Å²) in [5.41, 5.74) is 3.05. The Kier molecular flexibility index (Phi) is 2.82. The molecule has 1 fully saturated rings. The predicted octanol–water partition coefficient (Wildman–Crippen LogP) is 1.67. The zero-order chi connectivity index (χ0) is 17.1. The summed E-state index contributed by atoms with van der Waals surface area (Å²) in [6.45, 7) is 0. The molecule has 1 saturated carbocycles. The van der Waals surface area contributed by atoms with Gasteiger partial charge >= 0.3 is 0 Å². The Morgan fingerprint density at radius 1 is 1.12 bits per heavy atom. The Labute approximate surface area is 141 Å². The first-order valence-electron chi connectivity index (χ1n) is 7.99. The van der Waals surface area contributed by atoms with Crippen molar-refractivity contribution in [3.63, 3.8) is 0 Å². The lowest BCUT2D eigenvalue weighted by molar-refractivity contribution is 0.607. The lowest BCUT2D eigenvalue weighted by Gasteiger charge is -1.93. The maximum absolute atomic E-state index is 13.3. The molecule has 0 radical (unpaired) electrons. The Morgan fingerprint density at radius 3 is 2.80 bits per heavy atom. The summed E-state index contributed by atoms with van der Waals surface area (Å²) < 4.78 is 18.2. The van der Waals surface area contributed by atoms with Crippen LogP contribution in [0.3, 0.4) is 0 Å². The van der Waals surface area contributed by atoms with Crippen LogP contribution in [0, 0.1) is 5.82 Å². The fraction of sp³-hybridized carbons (Fsp3) is 0.312. The molecule has 0 aromatic carbocycles. The third kappa shape index (κ3) is 2.31. The largest absolute Gasteiger partial charge is 0.276 e. The maximum atomic E-state index is 13.3. The van der Waals surface area contributed by atoms with Gasteiger partial charge in [-0.15, -0.1) is 5.10 Å². The van der Waals surface area contributed by atoms with Crippen LogP contribution >= 0.6 is 0 Å². The summed E-state index contributed by atoms with van der Waals surface area (Å²) in [5, 5.41) is 13.2. The standard InChI is InChI=1S/C16H15FN8/c1-23-7-9(5-19-23)11-3-12(11)13-4-14(24(2)21-13)15-20-16-18-6-10(17)8-25(16)22-15/h4-8,11-12H,3H2,1-2H3. The quantitative estimate of drug-likeness (QED) is 0.568. The van der Waals surface area contributed by atoms with Crippen LogP contribution in [0.4, 0.5) is 4.39 Å². The normalized spacial score (nSPS) is 19.6. The van der Waals surface area contributed by atoms with Crippen LogP contribution in [0.2, 0.25) is 0 Å². The first kappa shape index (κ1) is 14.3. The van der Waals surface area contributed by atoms with Crippen molar-refractivity contribution in [2.75, 3.05) is 0 Å². The van der Waals surface area contributed by atoms with E-state index in [0.29, 0.717) is 23.4 Å². The summed E-state index contributed by atoms with van der Waals surface area (Å²) in [4.78, 5) is 8.30. The first-order chi connectivity index (χ1) is 12.1. The molecule has 4 heterocycles. The highest BCUT2D eigenvalue weighted by Gasteiger charge is 2.42. The number of hydrogen-bond donors (Lipinski definition) is 0. The molecule has 4 aromatic rings. The number of aromatic nitrogens is 8. The number of rotatable bonds is 3. The predicted molar refractivity (Wildman–Crippen MR) is 86.2 cm³/mol.